The van der Waals surface area contributed by atoms with Crippen LogP contribution in [0.15, 0.2) is 10.6 Å². The van der Waals surface area contributed by atoms with Crippen molar-refractivity contribution in [3.63, 3.8) is 0 Å². The Morgan fingerprint density at radius 1 is 1.54 bits per heavy atom. The molecule has 1 aromatic rings. The van der Waals surface area contributed by atoms with E-state index in [1.165, 1.54) is 0 Å². The Hall–Kier alpha value is -0.540. The van der Waals surface area contributed by atoms with Crippen molar-refractivity contribution >= 4 is 12.4 Å². The molecule has 3 nitrogen and oxygen atoms in total. The third-order valence-corrected chi connectivity index (χ3v) is 2.46. The first-order valence-electron chi connectivity index (χ1n) is 4.43. The number of hydrogen-bond donors (Lipinski definition) is 1. The molecule has 0 aliphatic heterocycles. The lowest BCUT2D eigenvalue weighted by Gasteiger charge is -2.02. The van der Waals surface area contributed by atoms with Gasteiger partial charge in [0.1, 0.15) is 5.76 Å². The highest BCUT2D eigenvalue weighted by Crippen LogP contribution is 2.32. The van der Waals surface area contributed by atoms with E-state index in [0.29, 0.717) is 12.0 Å². The summed E-state index contributed by atoms with van der Waals surface area (Å²) in [5.41, 5.74) is 5.80. The number of halogens is 1. The van der Waals surface area contributed by atoms with Crippen LogP contribution < -0.4 is 5.73 Å². The molecular formula is C9H15ClN2O. The molecule has 74 valence electrons. The van der Waals surface area contributed by atoms with Gasteiger partial charge in [-0.2, -0.15) is 0 Å². The van der Waals surface area contributed by atoms with E-state index in [1.54, 1.807) is 6.20 Å². The highest BCUT2D eigenvalue weighted by molar-refractivity contribution is 5.85. The van der Waals surface area contributed by atoms with Gasteiger partial charge in [0, 0.05) is 12.0 Å². The average Bonchev–Trinajstić information content (AvgIpc) is 2.58. The number of nitrogens with two attached hydrogens (primary N) is 1. The van der Waals surface area contributed by atoms with Gasteiger partial charge in [-0.05, 0) is 26.2 Å². The van der Waals surface area contributed by atoms with E-state index in [0.717, 1.165) is 30.9 Å². The first-order chi connectivity index (χ1) is 5.75. The summed E-state index contributed by atoms with van der Waals surface area (Å²) in [4.78, 5) is 4.21. The summed E-state index contributed by atoms with van der Waals surface area (Å²) in [5, 5.41) is 0. The minimum atomic E-state index is 0. The second-order valence-electron chi connectivity index (χ2n) is 3.58. The van der Waals surface area contributed by atoms with Gasteiger partial charge >= 0.3 is 0 Å². The quantitative estimate of drug-likeness (QED) is 0.758. The standard InChI is InChI=1S/C9H14N2O.ClH/c1-6-5-11-9(12-6)7-2-3-8(10)4-7;/h5,7-8H,2-4,10H2,1H3;1H. The summed E-state index contributed by atoms with van der Waals surface area (Å²) in [6.45, 7) is 1.92. The van der Waals surface area contributed by atoms with Crippen molar-refractivity contribution in [1.29, 1.82) is 0 Å². The summed E-state index contributed by atoms with van der Waals surface area (Å²) in [6.07, 6.45) is 5.03. The zero-order valence-corrected chi connectivity index (χ0v) is 8.51. The van der Waals surface area contributed by atoms with Gasteiger partial charge in [0.25, 0.3) is 0 Å². The Morgan fingerprint density at radius 3 is 2.77 bits per heavy atom. The number of aromatic nitrogens is 1. The van der Waals surface area contributed by atoms with Gasteiger partial charge in [0.2, 0.25) is 0 Å². The third kappa shape index (κ3) is 2.23. The Kier molecular flexibility index (Phi) is 3.33. The molecule has 0 radical (unpaired) electrons. The summed E-state index contributed by atoms with van der Waals surface area (Å²) in [5.74, 6) is 2.24. The monoisotopic (exact) mass is 202 g/mol. The van der Waals surface area contributed by atoms with Crippen LogP contribution in [0.4, 0.5) is 0 Å². The maximum Gasteiger partial charge on any atom is 0.197 e. The van der Waals surface area contributed by atoms with Crippen molar-refractivity contribution < 1.29 is 4.42 Å². The fourth-order valence-electron chi connectivity index (χ4n) is 1.80. The molecule has 1 fully saturated rings. The van der Waals surface area contributed by atoms with Crippen molar-refractivity contribution in [3.05, 3.63) is 17.8 Å². The Bertz CT molecular complexity index is 274. The van der Waals surface area contributed by atoms with Crippen LogP contribution in [0.25, 0.3) is 0 Å². The fourth-order valence-corrected chi connectivity index (χ4v) is 1.80. The summed E-state index contributed by atoms with van der Waals surface area (Å²) >= 11 is 0. The van der Waals surface area contributed by atoms with E-state index in [4.69, 9.17) is 10.2 Å². The summed E-state index contributed by atoms with van der Waals surface area (Å²) in [7, 11) is 0. The van der Waals surface area contributed by atoms with E-state index >= 15 is 0 Å². The van der Waals surface area contributed by atoms with Crippen LogP contribution in [0.1, 0.15) is 36.8 Å². The molecule has 0 saturated heterocycles. The zero-order chi connectivity index (χ0) is 8.55. The molecular weight excluding hydrogens is 188 g/mol. The molecule has 1 aromatic heterocycles. The molecule has 2 atom stereocenters. The van der Waals surface area contributed by atoms with E-state index in [2.05, 4.69) is 4.98 Å². The van der Waals surface area contributed by atoms with Crippen LogP contribution in [0.3, 0.4) is 0 Å². The molecule has 13 heavy (non-hydrogen) atoms. The molecule has 0 aromatic carbocycles. The van der Waals surface area contributed by atoms with E-state index in [9.17, 15) is 0 Å². The molecule has 1 aliphatic rings. The Morgan fingerprint density at radius 2 is 2.31 bits per heavy atom. The number of rotatable bonds is 1. The maximum atomic E-state index is 5.80. The second kappa shape index (κ2) is 4.11. The molecule has 1 heterocycles. The molecule has 2 unspecified atom stereocenters. The van der Waals surface area contributed by atoms with Gasteiger partial charge in [-0.1, -0.05) is 0 Å². The lowest BCUT2D eigenvalue weighted by molar-refractivity contribution is 0.429. The summed E-state index contributed by atoms with van der Waals surface area (Å²) in [6, 6.07) is 0.349. The molecule has 2 rings (SSSR count). The van der Waals surface area contributed by atoms with Gasteiger partial charge < -0.3 is 10.2 Å². The van der Waals surface area contributed by atoms with Crippen LogP contribution >= 0.6 is 12.4 Å². The molecule has 2 N–H and O–H groups in total. The third-order valence-electron chi connectivity index (χ3n) is 2.46. The molecule has 0 amide bonds. The lowest BCUT2D eigenvalue weighted by atomic mass is 10.1. The van der Waals surface area contributed by atoms with Crippen molar-refractivity contribution in [2.75, 3.05) is 0 Å². The Balaban J connectivity index is 0.000000845. The van der Waals surface area contributed by atoms with Crippen molar-refractivity contribution in [2.45, 2.75) is 38.1 Å². The normalized spacial score (nSPS) is 27.2. The van der Waals surface area contributed by atoms with Crippen molar-refractivity contribution in [1.82, 2.24) is 4.98 Å². The van der Waals surface area contributed by atoms with Crippen molar-refractivity contribution in [2.24, 2.45) is 5.73 Å². The minimum absolute atomic E-state index is 0. The SMILES string of the molecule is Cc1cnc(C2CCC(N)C2)o1.Cl. The lowest BCUT2D eigenvalue weighted by Crippen LogP contribution is -2.14. The van der Waals surface area contributed by atoms with Crippen LogP contribution in [0.5, 0.6) is 0 Å². The Labute approximate surface area is 84.1 Å². The van der Waals surface area contributed by atoms with Crippen LogP contribution in [0, 0.1) is 6.92 Å². The number of nitrogens with zero attached hydrogens (tertiary/aromatic N) is 1. The predicted octanol–water partition coefficient (Wildman–Crippen LogP) is 2.00. The topological polar surface area (TPSA) is 52.0 Å². The van der Waals surface area contributed by atoms with E-state index in [1.807, 2.05) is 6.92 Å². The zero-order valence-electron chi connectivity index (χ0n) is 7.69. The minimum Gasteiger partial charge on any atom is -0.446 e. The second-order valence-corrected chi connectivity index (χ2v) is 3.58. The van der Waals surface area contributed by atoms with Crippen LogP contribution in [0.2, 0.25) is 0 Å². The number of oxazole rings is 1. The van der Waals surface area contributed by atoms with Crippen LogP contribution in [-0.2, 0) is 0 Å². The predicted molar refractivity (Wildman–Crippen MR) is 53.1 cm³/mol. The maximum absolute atomic E-state index is 5.80. The molecule has 0 bridgehead atoms. The van der Waals surface area contributed by atoms with Crippen molar-refractivity contribution in [3.8, 4) is 0 Å². The number of aryl methyl sites for hydroxylation is 1. The number of hydrogen-bond acceptors (Lipinski definition) is 3. The van der Waals surface area contributed by atoms with Gasteiger partial charge in [0.15, 0.2) is 5.89 Å². The van der Waals surface area contributed by atoms with E-state index < -0.39 is 0 Å². The summed E-state index contributed by atoms with van der Waals surface area (Å²) < 4.78 is 5.45. The smallest absolute Gasteiger partial charge is 0.197 e. The average molecular weight is 203 g/mol. The molecule has 1 saturated carbocycles. The fraction of sp³-hybridized carbons (Fsp3) is 0.667. The largest absolute Gasteiger partial charge is 0.446 e. The first kappa shape index (κ1) is 10.5. The highest BCUT2D eigenvalue weighted by atomic mass is 35.5. The molecule has 4 heteroatoms. The van der Waals surface area contributed by atoms with Gasteiger partial charge in [0.05, 0.1) is 6.20 Å². The molecule has 0 spiro atoms. The van der Waals surface area contributed by atoms with Gasteiger partial charge in [-0.25, -0.2) is 4.98 Å². The van der Waals surface area contributed by atoms with Gasteiger partial charge in [-0.15, -0.1) is 12.4 Å². The molecule has 1 aliphatic carbocycles. The van der Waals surface area contributed by atoms with Crippen LogP contribution in [-0.4, -0.2) is 11.0 Å². The highest BCUT2D eigenvalue weighted by Gasteiger charge is 2.26. The van der Waals surface area contributed by atoms with E-state index in [-0.39, 0.29) is 12.4 Å². The first-order valence-corrected chi connectivity index (χ1v) is 4.43. The van der Waals surface area contributed by atoms with Gasteiger partial charge in [-0.3, -0.25) is 0 Å².